The Hall–Kier alpha value is -13.6. The topological polar surface area (TPSA) is 157 Å². The largest absolute Gasteiger partial charge is 0.495 e. The molecule has 0 atom stereocenters. The molecule has 22 aromatic rings. The summed E-state index contributed by atoms with van der Waals surface area (Å²) in [4.78, 5) is 20.9. The van der Waals surface area contributed by atoms with Gasteiger partial charge in [-0.3, -0.25) is 20.2 Å². The fraction of sp³-hybridized carbons (Fsp3) is 0.0654. The number of rotatable bonds is 7. The molecule has 24 rings (SSSR count). The fourth-order valence-electron chi connectivity index (χ4n) is 17.1. The van der Waals surface area contributed by atoms with Gasteiger partial charge in [-0.15, -0.1) is 0 Å². The average Bonchev–Trinajstić information content (AvgIpc) is 1.55. The van der Waals surface area contributed by atoms with Gasteiger partial charge < -0.3 is 27.0 Å². The second-order valence-corrected chi connectivity index (χ2v) is 35.2. The molecule has 12 nitrogen and oxygen atoms in total. The summed E-state index contributed by atoms with van der Waals surface area (Å²) in [5.41, 5.74) is 14.5. The number of nitro benzene ring substituents is 2. The first kappa shape index (κ1) is 79.2. The van der Waals surface area contributed by atoms with Crippen molar-refractivity contribution in [3.05, 3.63) is 416 Å². The smallest absolute Gasteiger partial charge is 0.456 e. The van der Waals surface area contributed by atoms with Crippen molar-refractivity contribution < 1.29 is 36.8 Å². The first-order chi connectivity index (χ1) is 60.0. The van der Waals surface area contributed by atoms with Crippen LogP contribution < -0.4 is 21.4 Å². The molecule has 2 aliphatic rings. The number of hydrogen-bond donors (Lipinski definition) is 0. The summed E-state index contributed by atoms with van der Waals surface area (Å²) in [5, 5.41) is 44.5. The lowest BCUT2D eigenvalue weighted by molar-refractivity contribution is -0.385. The van der Waals surface area contributed by atoms with Crippen molar-refractivity contribution in [2.45, 2.75) is 45.3 Å². The van der Waals surface area contributed by atoms with Gasteiger partial charge in [0, 0.05) is 77.2 Å². The minimum absolute atomic E-state index is 0.0908. The molecule has 0 unspecified atom stereocenters. The van der Waals surface area contributed by atoms with Crippen molar-refractivity contribution in [2.24, 2.45) is 0 Å². The molecule has 1 aliphatic heterocycles. The predicted octanol–water partition coefficient (Wildman–Crippen LogP) is 29.0. The van der Waals surface area contributed by atoms with E-state index in [1.807, 2.05) is 103 Å². The SMILES string of the molecule is Brc1cc2oc3ccccc3c2c2ccccc12.CC1(C)OB(c2cc3oc4ccccc4c3c3ccccc23)OC1(C)C.O=[N+]([O-])c1ccccc1-c1cc2oc3ccccc3c2c2ccccc12.O=[N+]([O-])c1ccccc1Br.c1ccc(P(c2ccccc2)c2ccccc2)cc1.c1ccc2c(c1)Cc1c-2c2ccccc2c2c1oc1ccccc12. The van der Waals surface area contributed by atoms with E-state index in [1.165, 1.54) is 98.8 Å². The van der Waals surface area contributed by atoms with Crippen LogP contribution in [0.5, 0.6) is 0 Å². The summed E-state index contributed by atoms with van der Waals surface area (Å²) in [5.74, 6) is 0. The first-order valence-electron chi connectivity index (χ1n) is 40.5. The second-order valence-electron chi connectivity index (χ2n) is 31.2. The molecule has 123 heavy (non-hydrogen) atoms. The molecule has 596 valence electrons. The minimum Gasteiger partial charge on any atom is -0.456 e. The molecule has 0 radical (unpaired) electrons. The summed E-state index contributed by atoms with van der Waals surface area (Å²) in [6, 6.07) is 127. The van der Waals surface area contributed by atoms with Crippen LogP contribution in [-0.4, -0.2) is 28.2 Å². The Bertz CT molecular complexity index is 7710. The van der Waals surface area contributed by atoms with Crippen molar-refractivity contribution in [3.63, 3.8) is 0 Å². The van der Waals surface area contributed by atoms with Crippen molar-refractivity contribution >= 4 is 210 Å². The number of nitrogens with zero attached hydrogens (tertiary/aromatic N) is 2. The van der Waals surface area contributed by atoms with Gasteiger partial charge in [-0.05, 0) is 187 Å². The molecule has 18 aromatic carbocycles. The average molecular weight is 1750 g/mol. The third-order valence-corrected chi connectivity index (χ3v) is 27.2. The number of benzene rings is 18. The summed E-state index contributed by atoms with van der Waals surface area (Å²) < 4.78 is 38.7. The molecule has 0 spiro atoms. The summed E-state index contributed by atoms with van der Waals surface area (Å²) in [6.45, 7) is 8.31. The maximum Gasteiger partial charge on any atom is 0.495 e. The van der Waals surface area contributed by atoms with E-state index in [9.17, 15) is 20.2 Å². The van der Waals surface area contributed by atoms with E-state index in [0.29, 0.717) is 10.0 Å². The third-order valence-electron chi connectivity index (χ3n) is 23.4. The van der Waals surface area contributed by atoms with Gasteiger partial charge in [-0.25, -0.2) is 0 Å². The van der Waals surface area contributed by atoms with Crippen molar-refractivity contribution in [2.75, 3.05) is 0 Å². The highest BCUT2D eigenvalue weighted by Gasteiger charge is 2.52. The Kier molecular flexibility index (Phi) is 21.5. The lowest BCUT2D eigenvalue weighted by Crippen LogP contribution is -2.41. The zero-order valence-electron chi connectivity index (χ0n) is 67.3. The normalized spacial score (nSPS) is 13.0. The van der Waals surface area contributed by atoms with Gasteiger partial charge in [-0.2, -0.15) is 0 Å². The van der Waals surface area contributed by atoms with E-state index in [0.717, 1.165) is 104 Å². The molecular formula is C107H76BBr2N2O10P. The number of nitro groups is 2. The van der Waals surface area contributed by atoms with Crippen LogP contribution in [0, 0.1) is 20.2 Å². The van der Waals surface area contributed by atoms with Gasteiger partial charge >= 0.3 is 7.12 Å². The number of fused-ring (bicyclic) bond motifs is 25. The minimum atomic E-state index is -0.446. The Labute approximate surface area is 726 Å². The Morgan fingerprint density at radius 1 is 0.309 bits per heavy atom. The van der Waals surface area contributed by atoms with Crippen molar-refractivity contribution in [3.8, 4) is 22.3 Å². The first-order valence-corrected chi connectivity index (χ1v) is 43.5. The molecule has 4 aromatic heterocycles. The quantitative estimate of drug-likeness (QED) is 0.0651. The van der Waals surface area contributed by atoms with Crippen LogP contribution >= 0.6 is 39.8 Å². The zero-order chi connectivity index (χ0) is 84.0. The van der Waals surface area contributed by atoms with E-state index in [1.54, 1.807) is 30.3 Å². The molecule has 1 fully saturated rings. The molecule has 0 saturated carbocycles. The van der Waals surface area contributed by atoms with Gasteiger partial charge in [0.1, 0.15) is 44.7 Å². The Balaban J connectivity index is 0.0000000988. The van der Waals surface area contributed by atoms with Gasteiger partial charge in [0.25, 0.3) is 11.4 Å². The number of furan rings is 4. The molecular weight excluding hydrogens is 1670 g/mol. The predicted molar refractivity (Wildman–Crippen MR) is 515 cm³/mol. The van der Waals surface area contributed by atoms with Crippen molar-refractivity contribution in [1.82, 2.24) is 0 Å². The molecule has 0 amide bonds. The van der Waals surface area contributed by atoms with Crippen LogP contribution in [0.2, 0.25) is 0 Å². The monoisotopic (exact) mass is 1750 g/mol. The number of para-hydroxylation sites is 6. The van der Waals surface area contributed by atoms with Crippen LogP contribution in [0.3, 0.4) is 0 Å². The van der Waals surface area contributed by atoms with Gasteiger partial charge in [0.05, 0.1) is 31.1 Å². The van der Waals surface area contributed by atoms with Crippen LogP contribution in [0.4, 0.5) is 11.4 Å². The highest BCUT2D eigenvalue weighted by molar-refractivity contribution is 9.11. The number of halogens is 2. The fourth-order valence-corrected chi connectivity index (χ4v) is 20.4. The van der Waals surface area contributed by atoms with Crippen LogP contribution in [0.15, 0.2) is 403 Å². The van der Waals surface area contributed by atoms with E-state index >= 15 is 0 Å². The standard InChI is InChI=1S/C23H14O.C22H21BO3.C22H13NO3.C18H15P.C16H9BrO.C6H4BrNO2/c1-2-8-15-14(7-1)13-19-21(15)16-9-3-4-10-17(16)22-18-11-5-6-12-20(18)24-23(19)22;1-21(2)22(3,4)26-23(25-21)17-13-19-20(15-10-6-5-9-14(15)17)16-11-7-8-12-18(16)24-19;24-23(25)19-11-5-3-8-15(19)18-13-21-22(16-9-2-1-7-14(16)18)17-10-4-6-12-20(17)26-21;1-4-10-16(11-5-1)19(17-12-6-2-7-13-17)18-14-8-3-9-15-18;17-13-9-15-16(11-6-2-1-5-10(11)13)12-7-3-4-8-14(12)18-15;7-5-3-1-2-4-6(5)8(9)10/h1-12H,13H2;5-13H,1-4H3;1-13H;1-15H;1-9H;1-4H. The Morgan fingerprint density at radius 2 is 0.659 bits per heavy atom. The third kappa shape index (κ3) is 15.0. The van der Waals surface area contributed by atoms with E-state index < -0.39 is 20.0 Å². The van der Waals surface area contributed by atoms with E-state index in [4.69, 9.17) is 27.0 Å². The summed E-state index contributed by atoms with van der Waals surface area (Å²) in [7, 11) is -0.860. The zero-order valence-corrected chi connectivity index (χ0v) is 71.3. The molecule has 0 bridgehead atoms. The van der Waals surface area contributed by atoms with E-state index in [2.05, 4.69) is 290 Å². The number of hydrogen-bond acceptors (Lipinski definition) is 10. The maximum absolute atomic E-state index is 11.5. The molecule has 16 heteroatoms. The highest BCUT2D eigenvalue weighted by atomic mass is 79.9. The van der Waals surface area contributed by atoms with Crippen molar-refractivity contribution in [1.29, 1.82) is 0 Å². The van der Waals surface area contributed by atoms with Gasteiger partial charge in [0.15, 0.2) is 0 Å². The molecule has 1 saturated heterocycles. The summed E-state index contributed by atoms with van der Waals surface area (Å²) >= 11 is 6.67. The highest BCUT2D eigenvalue weighted by Crippen LogP contribution is 2.50. The van der Waals surface area contributed by atoms with Gasteiger partial charge in [-0.1, -0.05) is 325 Å². The lowest BCUT2D eigenvalue weighted by Gasteiger charge is -2.32. The molecule has 5 heterocycles. The second kappa shape index (κ2) is 33.4. The molecule has 0 N–H and O–H groups in total. The van der Waals surface area contributed by atoms with Crippen LogP contribution in [-0.2, 0) is 15.7 Å². The summed E-state index contributed by atoms with van der Waals surface area (Å²) in [6.07, 6.45) is 0.951. The van der Waals surface area contributed by atoms with Gasteiger partial charge in [0.2, 0.25) is 0 Å². The van der Waals surface area contributed by atoms with Crippen LogP contribution in [0.1, 0.15) is 38.8 Å². The van der Waals surface area contributed by atoms with Crippen LogP contribution in [0.25, 0.3) is 153 Å². The lowest BCUT2D eigenvalue weighted by atomic mass is 9.75. The van der Waals surface area contributed by atoms with E-state index in [-0.39, 0.29) is 27.5 Å². The maximum atomic E-state index is 11.5. The Morgan fingerprint density at radius 3 is 1.15 bits per heavy atom. The molecule has 1 aliphatic carbocycles.